The lowest BCUT2D eigenvalue weighted by molar-refractivity contribution is -0.150. The third kappa shape index (κ3) is 6.06. The summed E-state index contributed by atoms with van der Waals surface area (Å²) in [5, 5.41) is 7.03. The zero-order valence-corrected chi connectivity index (χ0v) is 26.0. The zero-order chi connectivity index (χ0) is 31.4. The number of carbonyl (C=O) groups is 1. The van der Waals surface area contributed by atoms with Gasteiger partial charge in [0.1, 0.15) is 11.5 Å². The van der Waals surface area contributed by atoms with Crippen LogP contribution in [0.1, 0.15) is 57.2 Å². The molecule has 0 aliphatic carbocycles. The molecule has 8 heteroatoms. The second-order valence-corrected chi connectivity index (χ2v) is 10.8. The Morgan fingerprint density at radius 2 is 1.66 bits per heavy atom. The fourth-order valence-corrected chi connectivity index (χ4v) is 5.20. The maximum atomic E-state index is 14.0. The minimum atomic E-state index is -0.843. The number of aromatic nitrogens is 2. The lowest BCUT2D eigenvalue weighted by Gasteiger charge is -2.18. The van der Waals surface area contributed by atoms with Crippen LogP contribution >= 0.6 is 0 Å². The van der Waals surface area contributed by atoms with Crippen LogP contribution in [-0.2, 0) is 9.53 Å². The van der Waals surface area contributed by atoms with Gasteiger partial charge < -0.3 is 14.2 Å². The zero-order valence-electron chi connectivity index (χ0n) is 26.0. The second-order valence-electron chi connectivity index (χ2n) is 10.8. The third-order valence-electron chi connectivity index (χ3n) is 7.43. The minimum absolute atomic E-state index is 0.178. The maximum absolute atomic E-state index is 14.0. The summed E-state index contributed by atoms with van der Waals surface area (Å²) < 4.78 is 18.5. The molecule has 0 aliphatic rings. The summed E-state index contributed by atoms with van der Waals surface area (Å²) in [7, 11) is 0. The first-order valence-electron chi connectivity index (χ1n) is 14.9. The number of para-hydroxylation sites is 1. The number of esters is 1. The summed E-state index contributed by atoms with van der Waals surface area (Å²) in [5.74, 6) is 1.38. The largest absolute Gasteiger partial charge is 0.494 e. The molecule has 0 N–H and O–H groups in total. The molecule has 4 aromatic carbocycles. The number of nitrogens with zero attached hydrogens (tertiary/aromatic N) is 3. The van der Waals surface area contributed by atoms with Gasteiger partial charge in [-0.2, -0.15) is 9.78 Å². The predicted octanol–water partition coefficient (Wildman–Crippen LogP) is 7.26. The summed E-state index contributed by atoms with van der Waals surface area (Å²) >= 11 is 0. The molecule has 0 unspecified atom stereocenters. The van der Waals surface area contributed by atoms with Gasteiger partial charge in [-0.25, -0.2) is 9.78 Å². The van der Waals surface area contributed by atoms with Crippen LogP contribution in [0, 0.1) is 6.92 Å². The van der Waals surface area contributed by atoms with Crippen molar-refractivity contribution in [3.63, 3.8) is 0 Å². The molecule has 0 saturated carbocycles. The average molecular weight is 592 g/mol. The fourth-order valence-electron chi connectivity index (χ4n) is 5.20. The van der Waals surface area contributed by atoms with E-state index in [0.717, 1.165) is 33.2 Å². The summed E-state index contributed by atoms with van der Waals surface area (Å²) in [6.07, 6.45) is 0.759. The van der Waals surface area contributed by atoms with Gasteiger partial charge in [-0.15, -0.1) is 0 Å². The first-order valence-corrected chi connectivity index (χ1v) is 14.9. The monoisotopic (exact) mass is 591 g/mol. The van der Waals surface area contributed by atoms with E-state index >= 15 is 0 Å². The van der Waals surface area contributed by atoms with Crippen LogP contribution in [0.15, 0.2) is 82.7 Å². The van der Waals surface area contributed by atoms with E-state index in [4.69, 9.17) is 24.3 Å². The van der Waals surface area contributed by atoms with Gasteiger partial charge in [-0.3, -0.25) is 4.79 Å². The van der Waals surface area contributed by atoms with E-state index in [9.17, 15) is 9.59 Å². The molecule has 1 heterocycles. The van der Waals surface area contributed by atoms with Crippen molar-refractivity contribution in [3.8, 4) is 22.9 Å². The molecule has 5 rings (SSSR count). The Morgan fingerprint density at radius 3 is 2.39 bits per heavy atom. The van der Waals surface area contributed by atoms with Crippen molar-refractivity contribution in [1.82, 2.24) is 9.66 Å². The van der Waals surface area contributed by atoms with Crippen molar-refractivity contribution in [3.05, 3.63) is 99.8 Å². The normalized spacial score (nSPS) is 12.2. The molecule has 5 aromatic rings. The van der Waals surface area contributed by atoms with Gasteiger partial charge in [0, 0.05) is 11.1 Å². The van der Waals surface area contributed by atoms with Gasteiger partial charge in [0.05, 0.1) is 30.3 Å². The van der Waals surface area contributed by atoms with Crippen LogP contribution in [0.2, 0.25) is 0 Å². The van der Waals surface area contributed by atoms with E-state index < -0.39 is 12.1 Å². The van der Waals surface area contributed by atoms with Gasteiger partial charge in [0.2, 0.25) is 0 Å². The van der Waals surface area contributed by atoms with E-state index in [0.29, 0.717) is 34.6 Å². The van der Waals surface area contributed by atoms with Crippen molar-refractivity contribution in [2.45, 2.75) is 53.6 Å². The predicted molar refractivity (Wildman–Crippen MR) is 175 cm³/mol. The Hall–Kier alpha value is -4.98. The number of benzene rings is 4. The Balaban J connectivity index is 1.73. The molecular formula is C36H37N3O5. The van der Waals surface area contributed by atoms with E-state index in [2.05, 4.69) is 13.8 Å². The molecule has 0 aliphatic heterocycles. The van der Waals surface area contributed by atoms with Crippen LogP contribution in [0.5, 0.6) is 11.5 Å². The number of hydrogen-bond donors (Lipinski definition) is 0. The van der Waals surface area contributed by atoms with E-state index in [-0.39, 0.29) is 18.1 Å². The highest BCUT2D eigenvalue weighted by Crippen LogP contribution is 2.34. The Labute approximate surface area is 256 Å². The number of carbonyl (C=O) groups excluding carboxylic acids is 1. The van der Waals surface area contributed by atoms with Gasteiger partial charge >= 0.3 is 5.97 Å². The van der Waals surface area contributed by atoms with Crippen LogP contribution in [0.4, 0.5) is 0 Å². The van der Waals surface area contributed by atoms with Crippen molar-refractivity contribution >= 4 is 33.9 Å². The molecule has 0 spiro atoms. The smallest absolute Gasteiger partial charge is 0.347 e. The number of ether oxygens (including phenoxy) is 3. The molecule has 0 bridgehead atoms. The molecule has 1 atom stereocenters. The first-order chi connectivity index (χ1) is 21.2. The molecule has 1 aromatic heterocycles. The maximum Gasteiger partial charge on any atom is 0.347 e. The lowest BCUT2D eigenvalue weighted by Crippen LogP contribution is -2.26. The Morgan fingerprint density at radius 1 is 0.932 bits per heavy atom. The van der Waals surface area contributed by atoms with Crippen molar-refractivity contribution < 1.29 is 19.0 Å². The van der Waals surface area contributed by atoms with Crippen molar-refractivity contribution in [2.24, 2.45) is 5.10 Å². The summed E-state index contributed by atoms with van der Waals surface area (Å²) in [4.78, 5) is 31.4. The Kier molecular flexibility index (Phi) is 9.09. The minimum Gasteiger partial charge on any atom is -0.494 e. The van der Waals surface area contributed by atoms with Gasteiger partial charge in [-0.05, 0) is 85.8 Å². The lowest BCUT2D eigenvalue weighted by atomic mass is 9.96. The highest BCUT2D eigenvalue weighted by molar-refractivity contribution is 6.02. The van der Waals surface area contributed by atoms with Crippen LogP contribution in [-0.4, -0.2) is 41.2 Å². The number of rotatable bonds is 10. The van der Waals surface area contributed by atoms with E-state index in [1.54, 1.807) is 32.2 Å². The SMILES string of the molecule is CCOC(=O)[C@@H](C)Oc1ccc2ccccc2c1C=Nn1c(-c2cc(C(C)C)c(OCC)cc2C)nc2ccccc2c1=O. The van der Waals surface area contributed by atoms with Crippen LogP contribution in [0.3, 0.4) is 0 Å². The van der Waals surface area contributed by atoms with E-state index in [1.807, 2.05) is 74.5 Å². The molecule has 0 amide bonds. The number of aryl methyl sites for hydroxylation is 1. The molecule has 8 nitrogen and oxygen atoms in total. The molecule has 0 fully saturated rings. The number of fused-ring (bicyclic) bond motifs is 2. The van der Waals surface area contributed by atoms with Gasteiger partial charge in [0.15, 0.2) is 11.9 Å². The third-order valence-corrected chi connectivity index (χ3v) is 7.43. The molecule has 44 heavy (non-hydrogen) atoms. The molecule has 0 saturated heterocycles. The number of hydrogen-bond acceptors (Lipinski definition) is 7. The highest BCUT2D eigenvalue weighted by atomic mass is 16.6. The van der Waals surface area contributed by atoms with Gasteiger partial charge in [0.25, 0.3) is 5.56 Å². The molecular weight excluding hydrogens is 554 g/mol. The highest BCUT2D eigenvalue weighted by Gasteiger charge is 2.20. The quantitative estimate of drug-likeness (QED) is 0.125. The van der Waals surface area contributed by atoms with Gasteiger partial charge in [-0.1, -0.05) is 56.3 Å². The standard InChI is InChI=1S/C36H37N3O5/c1-7-42-33-19-23(5)29(20-28(33)22(3)4)34-38-31-16-12-11-15-27(31)35(40)39(34)37-21-30-26-14-10-9-13-25(26)17-18-32(30)44-24(6)36(41)43-8-2/h9-22,24H,7-8H2,1-6H3/t24-/m1/s1. The summed E-state index contributed by atoms with van der Waals surface area (Å²) in [5.41, 5.74) is 3.60. The van der Waals surface area contributed by atoms with Crippen molar-refractivity contribution in [1.29, 1.82) is 0 Å². The fraction of sp³-hybridized carbons (Fsp3) is 0.278. The molecule has 0 radical (unpaired) electrons. The van der Waals surface area contributed by atoms with Crippen molar-refractivity contribution in [2.75, 3.05) is 13.2 Å². The topological polar surface area (TPSA) is 92.0 Å². The van der Waals surface area contributed by atoms with Crippen LogP contribution < -0.4 is 15.0 Å². The van der Waals surface area contributed by atoms with E-state index in [1.165, 1.54) is 4.68 Å². The second kappa shape index (κ2) is 13.1. The summed E-state index contributed by atoms with van der Waals surface area (Å²) in [6, 6.07) is 22.8. The molecule has 226 valence electrons. The summed E-state index contributed by atoms with van der Waals surface area (Å²) in [6.45, 7) is 12.3. The van der Waals surface area contributed by atoms with Crippen LogP contribution in [0.25, 0.3) is 33.1 Å². The Bertz CT molecular complexity index is 1930. The average Bonchev–Trinajstić information content (AvgIpc) is 3.01. The first kappa shape index (κ1) is 30.5.